The Hall–Kier alpha value is -2.84. The molecule has 3 aromatic rings. The van der Waals surface area contributed by atoms with E-state index in [1.54, 1.807) is 41.7 Å². The smallest absolute Gasteiger partial charge is 0.336 e. The van der Waals surface area contributed by atoms with Crippen LogP contribution in [0.2, 0.25) is 0 Å². The monoisotopic (exact) mass is 512 g/mol. The van der Waals surface area contributed by atoms with Crippen molar-refractivity contribution in [1.82, 2.24) is 5.32 Å². The maximum absolute atomic E-state index is 13.1. The van der Waals surface area contributed by atoms with E-state index in [0.717, 1.165) is 34.3 Å². The molecule has 0 unspecified atom stereocenters. The lowest BCUT2D eigenvalue weighted by Gasteiger charge is -2.28. The van der Waals surface area contributed by atoms with Crippen LogP contribution in [0.5, 0.6) is 5.75 Å². The Morgan fingerprint density at radius 2 is 2.19 bits per heavy atom. The molecule has 1 amide bonds. The first-order valence-electron chi connectivity index (χ1n) is 10.4. The van der Waals surface area contributed by atoms with Crippen molar-refractivity contribution in [3.8, 4) is 5.75 Å². The molecule has 0 bridgehead atoms. The van der Waals surface area contributed by atoms with E-state index in [0.29, 0.717) is 23.0 Å². The van der Waals surface area contributed by atoms with E-state index in [1.165, 1.54) is 22.8 Å². The number of amides is 1. The summed E-state index contributed by atoms with van der Waals surface area (Å²) in [6.45, 7) is 2.25. The minimum absolute atomic E-state index is 0.0919. The summed E-state index contributed by atoms with van der Waals surface area (Å²) in [7, 11) is 0. The van der Waals surface area contributed by atoms with Crippen LogP contribution in [0.1, 0.15) is 51.6 Å². The van der Waals surface area contributed by atoms with Gasteiger partial charge in [-0.3, -0.25) is 4.79 Å². The summed E-state index contributed by atoms with van der Waals surface area (Å²) < 4.78 is 11.6. The third-order valence-electron chi connectivity index (χ3n) is 5.71. The zero-order valence-electron chi connectivity index (χ0n) is 17.3. The maximum Gasteiger partial charge on any atom is 0.336 e. The molecule has 3 heterocycles. The van der Waals surface area contributed by atoms with Crippen LogP contribution in [0.25, 0.3) is 6.08 Å². The van der Waals surface area contributed by atoms with Gasteiger partial charge in [0, 0.05) is 21.0 Å². The highest BCUT2D eigenvalue weighted by molar-refractivity contribution is 9.10. The van der Waals surface area contributed by atoms with E-state index in [1.807, 2.05) is 6.07 Å². The molecule has 1 aromatic carbocycles. The van der Waals surface area contributed by atoms with Gasteiger partial charge >= 0.3 is 5.97 Å². The van der Waals surface area contributed by atoms with Gasteiger partial charge in [0.1, 0.15) is 22.7 Å². The third kappa shape index (κ3) is 4.12. The lowest BCUT2D eigenvalue weighted by molar-refractivity contribution is -0.128. The van der Waals surface area contributed by atoms with Crippen LogP contribution in [-0.2, 0) is 17.6 Å². The van der Waals surface area contributed by atoms with Crippen LogP contribution in [0, 0.1) is 5.92 Å². The van der Waals surface area contributed by atoms with Gasteiger partial charge in [0.2, 0.25) is 0 Å². The molecule has 0 fully saturated rings. The molecule has 2 atom stereocenters. The fraction of sp³-hybridized carbons (Fsp3) is 0.250. The summed E-state index contributed by atoms with van der Waals surface area (Å²) in [6.07, 6.45) is 6.92. The highest BCUT2D eigenvalue weighted by Gasteiger charge is 2.34. The molecule has 5 rings (SSSR count). The molecule has 0 saturated carbocycles. The number of anilines is 1. The van der Waals surface area contributed by atoms with Crippen molar-refractivity contribution in [1.29, 1.82) is 0 Å². The molecule has 0 saturated heterocycles. The van der Waals surface area contributed by atoms with E-state index in [2.05, 4.69) is 33.5 Å². The van der Waals surface area contributed by atoms with E-state index in [9.17, 15) is 9.59 Å². The lowest BCUT2D eigenvalue weighted by atomic mass is 9.88. The normalized spacial score (nSPS) is 19.8. The topological polar surface area (TPSA) is 80.6 Å². The molecule has 6 nitrogen and oxygen atoms in total. The molecule has 2 aliphatic rings. The Balaban J connectivity index is 1.41. The van der Waals surface area contributed by atoms with Crippen LogP contribution in [0.3, 0.4) is 0 Å². The third-order valence-corrected chi connectivity index (χ3v) is 7.39. The Morgan fingerprint density at radius 1 is 1.31 bits per heavy atom. The first-order valence-corrected chi connectivity index (χ1v) is 12.0. The van der Waals surface area contributed by atoms with Gasteiger partial charge in [-0.2, -0.15) is 0 Å². The number of thiophene rings is 1. The van der Waals surface area contributed by atoms with E-state index in [4.69, 9.17) is 9.15 Å². The maximum atomic E-state index is 13.1. The van der Waals surface area contributed by atoms with Crippen molar-refractivity contribution in [2.45, 2.75) is 32.4 Å². The minimum atomic E-state index is -0.534. The summed E-state index contributed by atoms with van der Waals surface area (Å²) in [6, 6.07) is 8.84. The molecule has 1 aliphatic carbocycles. The molecule has 2 aromatic heterocycles. The number of fused-ring (bicyclic) bond motifs is 3. The fourth-order valence-corrected chi connectivity index (χ4v) is 5.95. The number of halogens is 1. The second-order valence-corrected chi connectivity index (χ2v) is 10.1. The molecule has 2 N–H and O–H groups in total. The number of hydrogen-bond donors (Lipinski definition) is 2. The second kappa shape index (κ2) is 8.60. The van der Waals surface area contributed by atoms with Crippen molar-refractivity contribution in [2.75, 3.05) is 5.32 Å². The number of hydrogen-bond acceptors (Lipinski definition) is 6. The van der Waals surface area contributed by atoms with Gasteiger partial charge in [-0.15, -0.1) is 11.3 Å². The number of rotatable bonds is 4. The summed E-state index contributed by atoms with van der Waals surface area (Å²) in [5.74, 6) is 0.937. The first kappa shape index (κ1) is 21.0. The molecular formula is C24H21BrN2O4S. The van der Waals surface area contributed by atoms with Gasteiger partial charge in [-0.1, -0.05) is 22.9 Å². The van der Waals surface area contributed by atoms with Crippen molar-refractivity contribution in [2.24, 2.45) is 5.92 Å². The number of ether oxygens (including phenoxy) is 1. The number of esters is 1. The summed E-state index contributed by atoms with van der Waals surface area (Å²) in [4.78, 5) is 26.7. The zero-order chi connectivity index (χ0) is 22.2. The average Bonchev–Trinajstić information content (AvgIpc) is 3.40. The van der Waals surface area contributed by atoms with Gasteiger partial charge < -0.3 is 19.8 Å². The quantitative estimate of drug-likeness (QED) is 0.266. The van der Waals surface area contributed by atoms with Crippen LogP contribution in [-0.4, -0.2) is 11.9 Å². The van der Waals surface area contributed by atoms with Crippen LogP contribution in [0.4, 0.5) is 5.00 Å². The van der Waals surface area contributed by atoms with Crippen LogP contribution >= 0.6 is 27.3 Å². The molecule has 1 aliphatic heterocycles. The van der Waals surface area contributed by atoms with Gasteiger partial charge in [0.25, 0.3) is 5.91 Å². The fourth-order valence-electron chi connectivity index (χ4n) is 4.14. The number of carbonyl (C=O) groups is 2. The molecule has 32 heavy (non-hydrogen) atoms. The Morgan fingerprint density at radius 3 is 3.00 bits per heavy atom. The number of benzene rings is 1. The largest absolute Gasteiger partial charge is 0.465 e. The summed E-state index contributed by atoms with van der Waals surface area (Å²) in [5, 5.41) is 7.38. The molecule has 0 radical (unpaired) electrons. The van der Waals surface area contributed by atoms with Gasteiger partial charge in [0.05, 0.1) is 11.8 Å². The molecule has 8 heteroatoms. The highest BCUT2D eigenvalue weighted by Crippen LogP contribution is 2.43. The van der Waals surface area contributed by atoms with Crippen molar-refractivity contribution in [3.63, 3.8) is 0 Å². The van der Waals surface area contributed by atoms with Crippen molar-refractivity contribution in [3.05, 3.63) is 74.5 Å². The van der Waals surface area contributed by atoms with E-state index < -0.39 is 12.1 Å². The van der Waals surface area contributed by atoms with Crippen LogP contribution < -0.4 is 15.4 Å². The molecule has 164 valence electrons. The Kier molecular flexibility index (Phi) is 5.65. The van der Waals surface area contributed by atoms with Gasteiger partial charge in [0.15, 0.2) is 0 Å². The molecular weight excluding hydrogens is 492 g/mol. The van der Waals surface area contributed by atoms with Gasteiger partial charge in [-0.05, 0) is 67.2 Å². The zero-order valence-corrected chi connectivity index (χ0v) is 19.7. The number of carbonyl (C=O) groups excluding carboxylic acids is 2. The Labute approximate surface area is 197 Å². The van der Waals surface area contributed by atoms with Gasteiger partial charge in [-0.25, -0.2) is 4.79 Å². The molecule has 0 spiro atoms. The van der Waals surface area contributed by atoms with Crippen molar-refractivity contribution < 1.29 is 18.7 Å². The highest BCUT2D eigenvalue weighted by atomic mass is 79.9. The Bertz CT molecular complexity index is 1220. The minimum Gasteiger partial charge on any atom is -0.465 e. The first-order chi connectivity index (χ1) is 15.5. The van der Waals surface area contributed by atoms with Crippen LogP contribution in [0.15, 0.2) is 51.6 Å². The second-order valence-electron chi connectivity index (χ2n) is 8.06. The SMILES string of the molecule is C[C@H]1CCc2c(sc3c2C(=O)N[C@H](c2cc(Br)ccc2OC(=O)/C=C/c2ccco2)N3)C1. The van der Waals surface area contributed by atoms with E-state index in [-0.39, 0.29) is 5.91 Å². The standard InChI is InChI=1S/C24H21BrN2O4S/c1-13-4-7-16-19(11-13)32-24-21(16)23(29)26-22(27-24)17-12-14(25)5-8-18(17)31-20(28)9-6-15-3-2-10-30-15/h2-3,5-6,8-10,12-13,22,27H,4,7,11H2,1H3,(H,26,29)/b9-6+/t13-,22-/m0/s1. The summed E-state index contributed by atoms with van der Waals surface area (Å²) in [5.41, 5.74) is 2.61. The number of nitrogens with one attached hydrogen (secondary N) is 2. The van der Waals surface area contributed by atoms with Crippen molar-refractivity contribution >= 4 is 50.2 Å². The summed E-state index contributed by atoms with van der Waals surface area (Å²) >= 11 is 5.14. The lowest BCUT2D eigenvalue weighted by Crippen LogP contribution is -2.38. The number of furan rings is 1. The average molecular weight is 513 g/mol. The predicted molar refractivity (Wildman–Crippen MR) is 127 cm³/mol. The predicted octanol–water partition coefficient (Wildman–Crippen LogP) is 5.70. The van der Waals surface area contributed by atoms with E-state index >= 15 is 0 Å².